The van der Waals surface area contributed by atoms with Crippen LogP contribution in [-0.4, -0.2) is 24.5 Å². The van der Waals surface area contributed by atoms with Crippen molar-refractivity contribution >= 4 is 35.1 Å². The molecule has 0 unspecified atom stereocenters. The Hall–Kier alpha value is -1.26. The smallest absolute Gasteiger partial charge is 0.338 e. The average molecular weight is 344 g/mol. The first-order valence-corrected chi connectivity index (χ1v) is 8.14. The summed E-state index contributed by atoms with van der Waals surface area (Å²) in [5, 5.41) is 3.62. The fraction of sp³-hybridized carbons (Fsp3) is 0.500. The van der Waals surface area contributed by atoms with Crippen molar-refractivity contribution in [3.8, 4) is 0 Å². The van der Waals surface area contributed by atoms with E-state index in [4.69, 9.17) is 27.9 Å². The van der Waals surface area contributed by atoms with Gasteiger partial charge in [-0.2, -0.15) is 0 Å². The summed E-state index contributed by atoms with van der Waals surface area (Å²) in [5.41, 5.74) is 0.233. The number of rotatable bonds is 4. The van der Waals surface area contributed by atoms with Crippen LogP contribution in [0.25, 0.3) is 0 Å². The molecule has 0 saturated heterocycles. The molecule has 0 spiro atoms. The second kappa shape index (κ2) is 7.84. The Labute approximate surface area is 140 Å². The molecule has 1 aromatic rings. The van der Waals surface area contributed by atoms with Gasteiger partial charge in [-0.05, 0) is 37.0 Å². The standard InChI is InChI=1S/C16H19Cl2NO3/c1-10-4-2-3-5-14(10)19-15(20)9-22-16(21)11-6-12(17)8-13(18)7-11/h6-8,10,14H,2-5,9H2,1H3,(H,19,20)/t10-,14+/m0/s1. The van der Waals surface area contributed by atoms with Crippen molar-refractivity contribution in [2.75, 3.05) is 6.61 Å². The minimum Gasteiger partial charge on any atom is -0.452 e. The third-order valence-electron chi connectivity index (χ3n) is 3.89. The summed E-state index contributed by atoms with van der Waals surface area (Å²) in [5.74, 6) is -0.434. The van der Waals surface area contributed by atoms with Crippen molar-refractivity contribution in [2.24, 2.45) is 5.92 Å². The summed E-state index contributed by atoms with van der Waals surface area (Å²) in [4.78, 5) is 23.8. The Morgan fingerprint density at radius 1 is 1.18 bits per heavy atom. The summed E-state index contributed by atoms with van der Waals surface area (Å²) in [7, 11) is 0. The van der Waals surface area contributed by atoms with Crippen LogP contribution < -0.4 is 5.32 Å². The molecule has 0 aromatic heterocycles. The topological polar surface area (TPSA) is 55.4 Å². The molecule has 1 N–H and O–H groups in total. The fourth-order valence-corrected chi connectivity index (χ4v) is 3.19. The fourth-order valence-electron chi connectivity index (χ4n) is 2.67. The largest absolute Gasteiger partial charge is 0.452 e. The first-order valence-electron chi connectivity index (χ1n) is 7.38. The van der Waals surface area contributed by atoms with E-state index in [1.165, 1.54) is 24.6 Å². The van der Waals surface area contributed by atoms with Gasteiger partial charge in [-0.3, -0.25) is 4.79 Å². The highest BCUT2D eigenvalue weighted by Crippen LogP contribution is 2.23. The minimum atomic E-state index is -0.615. The van der Waals surface area contributed by atoms with Crippen molar-refractivity contribution < 1.29 is 14.3 Å². The monoisotopic (exact) mass is 343 g/mol. The van der Waals surface area contributed by atoms with E-state index >= 15 is 0 Å². The van der Waals surface area contributed by atoms with Gasteiger partial charge in [0.1, 0.15) is 0 Å². The predicted molar refractivity (Wildman–Crippen MR) is 86.3 cm³/mol. The Kier molecular flexibility index (Phi) is 6.09. The Bertz CT molecular complexity index is 542. The summed E-state index contributed by atoms with van der Waals surface area (Å²) in [6.07, 6.45) is 4.42. The van der Waals surface area contributed by atoms with E-state index in [0.29, 0.717) is 16.0 Å². The van der Waals surface area contributed by atoms with E-state index in [9.17, 15) is 9.59 Å². The van der Waals surface area contributed by atoms with Crippen molar-refractivity contribution in [1.82, 2.24) is 5.32 Å². The zero-order valence-electron chi connectivity index (χ0n) is 12.4. The first-order chi connectivity index (χ1) is 10.5. The molecule has 1 aromatic carbocycles. The van der Waals surface area contributed by atoms with Gasteiger partial charge < -0.3 is 10.1 Å². The number of halogens is 2. The average Bonchev–Trinajstić information content (AvgIpc) is 2.46. The molecule has 4 nitrogen and oxygen atoms in total. The van der Waals surface area contributed by atoms with Gasteiger partial charge >= 0.3 is 5.97 Å². The van der Waals surface area contributed by atoms with E-state index < -0.39 is 5.97 Å². The number of benzene rings is 1. The van der Waals surface area contributed by atoms with Crippen LogP contribution in [0, 0.1) is 5.92 Å². The van der Waals surface area contributed by atoms with Crippen LogP contribution in [0.3, 0.4) is 0 Å². The van der Waals surface area contributed by atoms with E-state index in [1.54, 1.807) is 0 Å². The molecule has 1 fully saturated rings. The van der Waals surface area contributed by atoms with Gasteiger partial charge in [0.05, 0.1) is 5.56 Å². The Morgan fingerprint density at radius 2 is 1.82 bits per heavy atom. The van der Waals surface area contributed by atoms with Crippen LogP contribution in [0.5, 0.6) is 0 Å². The highest BCUT2D eigenvalue weighted by atomic mass is 35.5. The molecule has 22 heavy (non-hydrogen) atoms. The molecule has 2 rings (SSSR count). The van der Waals surface area contributed by atoms with Crippen molar-refractivity contribution in [3.05, 3.63) is 33.8 Å². The second-order valence-electron chi connectivity index (χ2n) is 5.67. The third kappa shape index (κ3) is 4.89. The lowest BCUT2D eigenvalue weighted by Gasteiger charge is -2.29. The SMILES string of the molecule is C[C@H]1CCCC[C@H]1NC(=O)COC(=O)c1cc(Cl)cc(Cl)c1. The Morgan fingerprint density at radius 3 is 2.45 bits per heavy atom. The number of esters is 1. The summed E-state index contributed by atoms with van der Waals surface area (Å²) in [6.45, 7) is 1.83. The molecule has 0 radical (unpaired) electrons. The van der Waals surface area contributed by atoms with Gasteiger partial charge in [-0.1, -0.05) is 43.0 Å². The van der Waals surface area contributed by atoms with Gasteiger partial charge in [-0.15, -0.1) is 0 Å². The lowest BCUT2D eigenvalue weighted by Crippen LogP contribution is -2.42. The van der Waals surface area contributed by atoms with Crippen LogP contribution in [-0.2, 0) is 9.53 Å². The maximum absolute atomic E-state index is 11.9. The molecule has 6 heteroatoms. The Balaban J connectivity index is 1.83. The first kappa shape index (κ1) is 17.1. The van der Waals surface area contributed by atoms with Gasteiger partial charge in [0.15, 0.2) is 6.61 Å². The number of amides is 1. The number of carbonyl (C=O) groups is 2. The van der Waals surface area contributed by atoms with Crippen molar-refractivity contribution in [2.45, 2.75) is 38.6 Å². The number of hydrogen-bond acceptors (Lipinski definition) is 3. The number of ether oxygens (including phenoxy) is 1. The molecule has 1 amide bonds. The van der Waals surface area contributed by atoms with E-state index in [-0.39, 0.29) is 24.1 Å². The molecular weight excluding hydrogens is 325 g/mol. The van der Waals surface area contributed by atoms with Gasteiger partial charge in [0.2, 0.25) is 0 Å². The number of nitrogens with one attached hydrogen (secondary N) is 1. The maximum atomic E-state index is 11.9. The van der Waals surface area contributed by atoms with Crippen molar-refractivity contribution in [3.63, 3.8) is 0 Å². The third-order valence-corrected chi connectivity index (χ3v) is 4.33. The molecule has 0 heterocycles. The van der Waals surface area contributed by atoms with Gasteiger partial charge in [0, 0.05) is 16.1 Å². The van der Waals surface area contributed by atoms with Crippen LogP contribution in [0.1, 0.15) is 43.0 Å². The molecule has 1 aliphatic carbocycles. The normalized spacial score (nSPS) is 21.2. The van der Waals surface area contributed by atoms with Crippen LogP contribution in [0.4, 0.5) is 0 Å². The molecule has 2 atom stereocenters. The zero-order valence-corrected chi connectivity index (χ0v) is 13.9. The summed E-state index contributed by atoms with van der Waals surface area (Å²) >= 11 is 11.7. The minimum absolute atomic E-state index is 0.167. The van der Waals surface area contributed by atoms with Gasteiger partial charge in [-0.25, -0.2) is 4.79 Å². The van der Waals surface area contributed by atoms with Crippen LogP contribution >= 0.6 is 23.2 Å². The molecule has 0 bridgehead atoms. The second-order valence-corrected chi connectivity index (χ2v) is 6.54. The molecule has 0 aliphatic heterocycles. The highest BCUT2D eigenvalue weighted by molar-refractivity contribution is 6.35. The summed E-state index contributed by atoms with van der Waals surface area (Å²) in [6, 6.07) is 4.60. The van der Waals surface area contributed by atoms with E-state index in [2.05, 4.69) is 12.2 Å². The predicted octanol–water partition coefficient (Wildman–Crippen LogP) is 3.85. The van der Waals surface area contributed by atoms with Crippen molar-refractivity contribution in [1.29, 1.82) is 0 Å². The van der Waals surface area contributed by atoms with E-state index in [1.807, 2.05) is 0 Å². The summed E-state index contributed by atoms with van der Waals surface area (Å²) < 4.78 is 5.01. The molecule has 120 valence electrons. The molecule has 1 saturated carbocycles. The van der Waals surface area contributed by atoms with E-state index in [0.717, 1.165) is 19.3 Å². The molecular formula is C16H19Cl2NO3. The highest BCUT2D eigenvalue weighted by Gasteiger charge is 2.23. The lowest BCUT2D eigenvalue weighted by atomic mass is 9.86. The molecule has 1 aliphatic rings. The maximum Gasteiger partial charge on any atom is 0.338 e. The number of carbonyl (C=O) groups excluding carboxylic acids is 2. The quantitative estimate of drug-likeness (QED) is 0.845. The zero-order chi connectivity index (χ0) is 16.1. The van der Waals surface area contributed by atoms with Gasteiger partial charge in [0.25, 0.3) is 5.91 Å². The lowest BCUT2D eigenvalue weighted by molar-refractivity contribution is -0.125. The number of hydrogen-bond donors (Lipinski definition) is 1. The van der Waals surface area contributed by atoms with Crippen LogP contribution in [0.2, 0.25) is 10.0 Å². The van der Waals surface area contributed by atoms with Crippen LogP contribution in [0.15, 0.2) is 18.2 Å².